The van der Waals surface area contributed by atoms with Crippen LogP contribution >= 0.6 is 11.6 Å². The lowest BCUT2D eigenvalue weighted by Crippen LogP contribution is -2.30. The van der Waals surface area contributed by atoms with Crippen molar-refractivity contribution in [3.05, 3.63) is 47.2 Å². The van der Waals surface area contributed by atoms with Crippen LogP contribution < -0.4 is 0 Å². The number of hydrogen-bond donors (Lipinski definition) is 1. The van der Waals surface area contributed by atoms with Crippen molar-refractivity contribution in [2.45, 2.75) is 12.3 Å². The third kappa shape index (κ3) is 2.64. The molecule has 1 aliphatic heterocycles. The first-order valence-electron chi connectivity index (χ1n) is 6.47. The number of carbonyl (C=O) groups is 1. The molecule has 0 spiro atoms. The fourth-order valence-corrected chi connectivity index (χ4v) is 2.52. The van der Waals surface area contributed by atoms with Gasteiger partial charge in [-0.05, 0) is 24.3 Å². The summed E-state index contributed by atoms with van der Waals surface area (Å²) in [6.07, 6.45) is 0.819. The quantitative estimate of drug-likeness (QED) is 0.918. The second-order valence-electron chi connectivity index (χ2n) is 4.91. The van der Waals surface area contributed by atoms with Crippen LogP contribution in [0.25, 0.3) is 5.69 Å². The number of likely N-dealkylation sites (tertiary alicyclic amines) is 1. The number of aliphatic hydroxyl groups excluding tert-OH is 1. The topological polar surface area (TPSA) is 58.4 Å². The third-order valence-corrected chi connectivity index (χ3v) is 3.79. The van der Waals surface area contributed by atoms with Gasteiger partial charge in [-0.2, -0.15) is 5.10 Å². The molecule has 1 fully saturated rings. The zero-order valence-corrected chi connectivity index (χ0v) is 11.7. The second-order valence-corrected chi connectivity index (χ2v) is 5.32. The van der Waals surface area contributed by atoms with Gasteiger partial charge < -0.3 is 10.0 Å². The van der Waals surface area contributed by atoms with Crippen LogP contribution in [0.4, 0.5) is 4.39 Å². The lowest BCUT2D eigenvalue weighted by molar-refractivity contribution is 0.0764. The van der Waals surface area contributed by atoms with Gasteiger partial charge in [0.25, 0.3) is 5.91 Å². The Labute approximate surface area is 125 Å². The number of hydrogen-bond acceptors (Lipinski definition) is 3. The molecule has 0 radical (unpaired) electrons. The van der Waals surface area contributed by atoms with Crippen LogP contribution in [-0.4, -0.2) is 51.1 Å². The Morgan fingerprint density at radius 1 is 1.43 bits per heavy atom. The standard InChI is InChI=1S/C14H13ClFN3O2/c15-11-3-2-9(19-5-1-4-17-19)6-10(11)14(21)18-7-12(16)13(20)8-18/h1-6,12-13,20H,7-8H2/t12-,13-/m0/s1. The Morgan fingerprint density at radius 2 is 2.24 bits per heavy atom. The van der Waals surface area contributed by atoms with Gasteiger partial charge in [-0.15, -0.1) is 0 Å². The van der Waals surface area contributed by atoms with Gasteiger partial charge in [-0.25, -0.2) is 9.07 Å². The molecule has 0 bridgehead atoms. The van der Waals surface area contributed by atoms with E-state index >= 15 is 0 Å². The van der Waals surface area contributed by atoms with Crippen molar-refractivity contribution in [3.63, 3.8) is 0 Å². The molecule has 1 aliphatic rings. The SMILES string of the molecule is O=C(c1cc(-n2cccn2)ccc1Cl)N1C[C@H](O)[C@@H](F)C1. The maximum absolute atomic E-state index is 13.4. The minimum Gasteiger partial charge on any atom is -0.388 e. The summed E-state index contributed by atoms with van der Waals surface area (Å²) in [5.41, 5.74) is 0.954. The molecule has 2 heterocycles. The van der Waals surface area contributed by atoms with Crippen molar-refractivity contribution in [1.82, 2.24) is 14.7 Å². The molecule has 1 saturated heterocycles. The highest BCUT2D eigenvalue weighted by Crippen LogP contribution is 2.24. The first-order valence-corrected chi connectivity index (χ1v) is 6.85. The average Bonchev–Trinajstić information content (AvgIpc) is 3.10. The Morgan fingerprint density at radius 3 is 2.86 bits per heavy atom. The summed E-state index contributed by atoms with van der Waals surface area (Å²) in [5.74, 6) is -0.395. The summed E-state index contributed by atoms with van der Waals surface area (Å²) >= 11 is 6.07. The van der Waals surface area contributed by atoms with Crippen LogP contribution in [0.3, 0.4) is 0 Å². The maximum Gasteiger partial charge on any atom is 0.255 e. The van der Waals surface area contributed by atoms with Gasteiger partial charge in [0.15, 0.2) is 0 Å². The summed E-state index contributed by atoms with van der Waals surface area (Å²) in [6, 6.07) is 6.71. The summed E-state index contributed by atoms with van der Waals surface area (Å²) in [6.45, 7) is -0.148. The molecule has 1 amide bonds. The first-order chi connectivity index (χ1) is 10.1. The minimum absolute atomic E-state index is 0.0255. The molecule has 0 unspecified atom stereocenters. The van der Waals surface area contributed by atoms with E-state index in [0.717, 1.165) is 0 Å². The van der Waals surface area contributed by atoms with E-state index in [1.165, 1.54) is 4.90 Å². The van der Waals surface area contributed by atoms with Gasteiger partial charge in [0.2, 0.25) is 0 Å². The van der Waals surface area contributed by atoms with Crippen molar-refractivity contribution in [3.8, 4) is 5.69 Å². The van der Waals surface area contributed by atoms with E-state index in [2.05, 4.69) is 5.10 Å². The smallest absolute Gasteiger partial charge is 0.255 e. The number of nitrogens with zero attached hydrogens (tertiary/aromatic N) is 3. The second kappa shape index (κ2) is 5.46. The van der Waals surface area contributed by atoms with Gasteiger partial charge in [0.1, 0.15) is 12.3 Å². The van der Waals surface area contributed by atoms with Gasteiger partial charge in [0, 0.05) is 18.9 Å². The number of carbonyl (C=O) groups excluding carboxylic acids is 1. The van der Waals surface area contributed by atoms with Crippen LogP contribution in [0, 0.1) is 0 Å². The summed E-state index contributed by atoms with van der Waals surface area (Å²) in [4.78, 5) is 13.7. The lowest BCUT2D eigenvalue weighted by Gasteiger charge is -2.16. The molecule has 3 rings (SSSR count). The number of aliphatic hydroxyl groups is 1. The molecule has 2 aromatic rings. The van der Waals surface area contributed by atoms with Crippen molar-refractivity contribution >= 4 is 17.5 Å². The molecule has 1 aromatic heterocycles. The van der Waals surface area contributed by atoms with Gasteiger partial charge in [0.05, 0.1) is 22.8 Å². The molecule has 21 heavy (non-hydrogen) atoms. The van der Waals surface area contributed by atoms with E-state index < -0.39 is 18.2 Å². The van der Waals surface area contributed by atoms with Crippen LogP contribution in [0.5, 0.6) is 0 Å². The normalized spacial score (nSPS) is 21.8. The Balaban J connectivity index is 1.91. The van der Waals surface area contributed by atoms with Crippen molar-refractivity contribution in [1.29, 1.82) is 0 Å². The number of β-amino-alcohol motifs (C(OH)–C–C–N with tert-alkyl or cyclic N) is 1. The predicted molar refractivity (Wildman–Crippen MR) is 75.4 cm³/mol. The van der Waals surface area contributed by atoms with Crippen LogP contribution in [0.15, 0.2) is 36.7 Å². The highest BCUT2D eigenvalue weighted by Gasteiger charge is 2.35. The predicted octanol–water partition coefficient (Wildman–Crippen LogP) is 1.68. The highest BCUT2D eigenvalue weighted by atomic mass is 35.5. The number of alkyl halides is 1. The molecular formula is C14H13ClFN3O2. The Hall–Kier alpha value is -1.92. The summed E-state index contributed by atoms with van der Waals surface area (Å²) in [5, 5.41) is 13.8. The van der Waals surface area contributed by atoms with Crippen LogP contribution in [0.2, 0.25) is 5.02 Å². The van der Waals surface area contributed by atoms with Crippen molar-refractivity contribution in [2.24, 2.45) is 0 Å². The largest absolute Gasteiger partial charge is 0.388 e. The number of amides is 1. The zero-order valence-electron chi connectivity index (χ0n) is 11.0. The molecule has 110 valence electrons. The number of aromatic nitrogens is 2. The number of halogens is 2. The molecular weight excluding hydrogens is 297 g/mol. The van der Waals surface area contributed by atoms with E-state index in [1.54, 1.807) is 41.3 Å². The average molecular weight is 310 g/mol. The Kier molecular flexibility index (Phi) is 3.65. The molecule has 5 nitrogen and oxygen atoms in total. The van der Waals surface area contributed by atoms with Crippen molar-refractivity contribution in [2.75, 3.05) is 13.1 Å². The van der Waals surface area contributed by atoms with Crippen LogP contribution in [-0.2, 0) is 0 Å². The van der Waals surface area contributed by atoms with E-state index in [1.807, 2.05) is 0 Å². The van der Waals surface area contributed by atoms with Gasteiger partial charge in [-0.1, -0.05) is 11.6 Å². The lowest BCUT2D eigenvalue weighted by atomic mass is 10.1. The fraction of sp³-hybridized carbons (Fsp3) is 0.286. The minimum atomic E-state index is -1.41. The molecule has 1 N–H and O–H groups in total. The highest BCUT2D eigenvalue weighted by molar-refractivity contribution is 6.33. The van der Waals surface area contributed by atoms with E-state index in [0.29, 0.717) is 5.69 Å². The molecule has 0 aliphatic carbocycles. The van der Waals surface area contributed by atoms with Gasteiger partial charge >= 0.3 is 0 Å². The number of rotatable bonds is 2. The first kappa shape index (κ1) is 14.0. The molecule has 1 aromatic carbocycles. The number of benzene rings is 1. The third-order valence-electron chi connectivity index (χ3n) is 3.46. The van der Waals surface area contributed by atoms with Crippen molar-refractivity contribution < 1.29 is 14.3 Å². The van der Waals surface area contributed by atoms with E-state index in [-0.39, 0.29) is 23.7 Å². The molecule has 7 heteroatoms. The summed E-state index contributed by atoms with van der Waals surface area (Å²) in [7, 11) is 0. The zero-order chi connectivity index (χ0) is 15.0. The fourth-order valence-electron chi connectivity index (χ4n) is 2.32. The van der Waals surface area contributed by atoms with Crippen LogP contribution in [0.1, 0.15) is 10.4 Å². The monoisotopic (exact) mass is 309 g/mol. The van der Waals surface area contributed by atoms with E-state index in [4.69, 9.17) is 11.6 Å². The molecule has 2 atom stereocenters. The summed E-state index contributed by atoms with van der Waals surface area (Å²) < 4.78 is 15.0. The van der Waals surface area contributed by atoms with E-state index in [9.17, 15) is 14.3 Å². The van der Waals surface area contributed by atoms with Gasteiger partial charge in [-0.3, -0.25) is 4.79 Å². The Bertz CT molecular complexity index is 652. The maximum atomic E-state index is 13.4. The molecule has 0 saturated carbocycles.